The molecule has 1 fully saturated rings. The number of halogens is 1. The summed E-state index contributed by atoms with van der Waals surface area (Å²) in [7, 11) is 0. The Labute approximate surface area is 102 Å². The van der Waals surface area contributed by atoms with E-state index in [1.807, 2.05) is 0 Å². The molecule has 0 unspecified atom stereocenters. The van der Waals surface area contributed by atoms with Crippen LogP contribution in [0.4, 0.5) is 5.69 Å². The number of nitro benzene ring substituents is 1. The summed E-state index contributed by atoms with van der Waals surface area (Å²) in [6.45, 7) is 0.359. The molecule has 0 radical (unpaired) electrons. The van der Waals surface area contributed by atoms with Crippen molar-refractivity contribution in [2.45, 2.75) is 12.8 Å². The van der Waals surface area contributed by atoms with Gasteiger partial charge in [0.15, 0.2) is 0 Å². The van der Waals surface area contributed by atoms with Gasteiger partial charge in [0.2, 0.25) is 0 Å². The average Bonchev–Trinajstić information content (AvgIpc) is 3.10. The fourth-order valence-electron chi connectivity index (χ4n) is 1.34. The Morgan fingerprint density at radius 3 is 2.82 bits per heavy atom. The Morgan fingerprint density at radius 1 is 1.53 bits per heavy atom. The van der Waals surface area contributed by atoms with Crippen LogP contribution in [0.15, 0.2) is 18.2 Å². The zero-order valence-corrected chi connectivity index (χ0v) is 9.64. The number of benzene rings is 1. The number of carbonyl (C=O) groups excluding carboxylic acids is 1. The first kappa shape index (κ1) is 11.9. The van der Waals surface area contributed by atoms with E-state index in [2.05, 4.69) is 0 Å². The lowest BCUT2D eigenvalue weighted by molar-refractivity contribution is -0.384. The zero-order chi connectivity index (χ0) is 12.4. The van der Waals surface area contributed by atoms with E-state index in [1.54, 1.807) is 0 Å². The van der Waals surface area contributed by atoms with Gasteiger partial charge >= 0.3 is 5.97 Å². The van der Waals surface area contributed by atoms with E-state index < -0.39 is 10.9 Å². The van der Waals surface area contributed by atoms with Crippen molar-refractivity contribution in [2.75, 3.05) is 6.61 Å². The Morgan fingerprint density at radius 2 is 2.24 bits per heavy atom. The summed E-state index contributed by atoms with van der Waals surface area (Å²) < 4.78 is 5.02. The largest absolute Gasteiger partial charge is 0.462 e. The van der Waals surface area contributed by atoms with Gasteiger partial charge in [-0.25, -0.2) is 4.79 Å². The molecule has 1 aliphatic rings. The standard InChI is InChI=1S/C11H10ClNO4/c12-10-4-3-8(13(15)16)5-9(10)11(14)17-6-7-1-2-7/h3-5,7H,1-2,6H2. The third-order valence-electron chi connectivity index (χ3n) is 2.53. The lowest BCUT2D eigenvalue weighted by Crippen LogP contribution is -2.08. The van der Waals surface area contributed by atoms with Crippen LogP contribution in [-0.4, -0.2) is 17.5 Å². The van der Waals surface area contributed by atoms with Gasteiger partial charge in [0.1, 0.15) is 0 Å². The maximum absolute atomic E-state index is 11.6. The average molecular weight is 256 g/mol. The first-order chi connectivity index (χ1) is 8.08. The van der Waals surface area contributed by atoms with Gasteiger partial charge in [0, 0.05) is 12.1 Å². The van der Waals surface area contributed by atoms with Gasteiger partial charge in [-0.15, -0.1) is 0 Å². The van der Waals surface area contributed by atoms with E-state index >= 15 is 0 Å². The molecule has 0 heterocycles. The molecule has 0 aromatic heterocycles. The second kappa shape index (κ2) is 4.71. The van der Waals surface area contributed by atoms with Gasteiger partial charge in [0.05, 0.1) is 22.1 Å². The van der Waals surface area contributed by atoms with Gasteiger partial charge in [-0.05, 0) is 24.8 Å². The predicted octanol–water partition coefficient (Wildman–Crippen LogP) is 2.82. The lowest BCUT2D eigenvalue weighted by atomic mass is 10.2. The molecule has 0 amide bonds. The normalized spacial score (nSPS) is 14.4. The van der Waals surface area contributed by atoms with Crippen LogP contribution in [-0.2, 0) is 4.74 Å². The first-order valence-electron chi connectivity index (χ1n) is 5.19. The minimum absolute atomic E-state index is 0.0431. The molecule has 1 aromatic carbocycles. The molecule has 0 N–H and O–H groups in total. The number of ether oxygens (including phenoxy) is 1. The van der Waals surface area contributed by atoms with Gasteiger partial charge in [-0.2, -0.15) is 0 Å². The van der Waals surface area contributed by atoms with Crippen molar-refractivity contribution in [2.24, 2.45) is 5.92 Å². The summed E-state index contributed by atoms with van der Waals surface area (Å²) in [6.07, 6.45) is 2.13. The molecule has 6 heteroatoms. The third kappa shape index (κ3) is 2.94. The fraction of sp³-hybridized carbons (Fsp3) is 0.364. The number of esters is 1. The third-order valence-corrected chi connectivity index (χ3v) is 2.86. The van der Waals surface area contributed by atoms with Crippen molar-refractivity contribution in [1.82, 2.24) is 0 Å². The molecular formula is C11H10ClNO4. The van der Waals surface area contributed by atoms with E-state index in [1.165, 1.54) is 12.1 Å². The SMILES string of the molecule is O=C(OCC1CC1)c1cc([N+](=O)[O-])ccc1Cl. The number of nitro groups is 1. The second-order valence-corrected chi connectivity index (χ2v) is 4.37. The van der Waals surface area contributed by atoms with Gasteiger partial charge < -0.3 is 4.74 Å². The van der Waals surface area contributed by atoms with Crippen molar-refractivity contribution in [3.8, 4) is 0 Å². The highest BCUT2D eigenvalue weighted by atomic mass is 35.5. The highest BCUT2D eigenvalue weighted by Crippen LogP contribution is 2.30. The molecule has 5 nitrogen and oxygen atoms in total. The second-order valence-electron chi connectivity index (χ2n) is 3.96. The van der Waals surface area contributed by atoms with Crippen LogP contribution in [0, 0.1) is 16.0 Å². The summed E-state index contributed by atoms with van der Waals surface area (Å²) in [4.78, 5) is 21.6. The number of non-ortho nitro benzene ring substituents is 1. The van der Waals surface area contributed by atoms with Gasteiger partial charge in [-0.1, -0.05) is 11.6 Å². The number of hydrogen-bond donors (Lipinski definition) is 0. The smallest absolute Gasteiger partial charge is 0.339 e. The zero-order valence-electron chi connectivity index (χ0n) is 8.89. The lowest BCUT2D eigenvalue weighted by Gasteiger charge is -2.05. The Balaban J connectivity index is 2.13. The molecule has 90 valence electrons. The fourth-order valence-corrected chi connectivity index (χ4v) is 1.53. The van der Waals surface area contributed by atoms with Crippen LogP contribution in [0.1, 0.15) is 23.2 Å². The molecule has 2 rings (SSSR count). The molecule has 0 aliphatic heterocycles. The highest BCUT2D eigenvalue weighted by molar-refractivity contribution is 6.33. The highest BCUT2D eigenvalue weighted by Gasteiger charge is 2.24. The van der Waals surface area contributed by atoms with Crippen LogP contribution >= 0.6 is 11.6 Å². The number of nitrogens with zero attached hydrogens (tertiary/aromatic N) is 1. The summed E-state index contributed by atoms with van der Waals surface area (Å²) in [5, 5.41) is 10.7. The van der Waals surface area contributed by atoms with Crippen molar-refractivity contribution < 1.29 is 14.5 Å². The Hall–Kier alpha value is -1.62. The van der Waals surface area contributed by atoms with Crippen LogP contribution in [0.3, 0.4) is 0 Å². The van der Waals surface area contributed by atoms with Gasteiger partial charge in [-0.3, -0.25) is 10.1 Å². The molecule has 0 saturated heterocycles. The van der Waals surface area contributed by atoms with Crippen molar-refractivity contribution in [3.05, 3.63) is 38.9 Å². The van der Waals surface area contributed by atoms with E-state index in [9.17, 15) is 14.9 Å². The van der Waals surface area contributed by atoms with E-state index in [4.69, 9.17) is 16.3 Å². The van der Waals surface area contributed by atoms with Crippen molar-refractivity contribution >= 4 is 23.3 Å². The molecule has 0 atom stereocenters. The van der Waals surface area contributed by atoms with E-state index in [0.29, 0.717) is 12.5 Å². The number of carbonyl (C=O) groups is 1. The van der Waals surface area contributed by atoms with Crippen LogP contribution in [0.25, 0.3) is 0 Å². The van der Waals surface area contributed by atoms with E-state index in [-0.39, 0.29) is 16.3 Å². The molecular weight excluding hydrogens is 246 g/mol. The van der Waals surface area contributed by atoms with Crippen LogP contribution < -0.4 is 0 Å². The maximum atomic E-state index is 11.6. The van der Waals surface area contributed by atoms with Crippen LogP contribution in [0.5, 0.6) is 0 Å². The molecule has 1 aliphatic carbocycles. The Kier molecular flexibility index (Phi) is 3.28. The van der Waals surface area contributed by atoms with Crippen molar-refractivity contribution in [3.63, 3.8) is 0 Å². The summed E-state index contributed by atoms with van der Waals surface area (Å²) in [6, 6.07) is 3.71. The summed E-state index contributed by atoms with van der Waals surface area (Å²) in [5.41, 5.74) is -0.130. The summed E-state index contributed by atoms with van der Waals surface area (Å²) in [5.74, 6) is -0.165. The Bertz CT molecular complexity index is 471. The quantitative estimate of drug-likeness (QED) is 0.471. The topological polar surface area (TPSA) is 69.4 Å². The summed E-state index contributed by atoms with van der Waals surface area (Å²) >= 11 is 5.80. The number of hydrogen-bond acceptors (Lipinski definition) is 4. The molecule has 0 bridgehead atoms. The minimum atomic E-state index is -0.606. The minimum Gasteiger partial charge on any atom is -0.462 e. The molecule has 1 saturated carbocycles. The molecule has 0 spiro atoms. The van der Waals surface area contributed by atoms with Crippen LogP contribution in [0.2, 0.25) is 5.02 Å². The molecule has 17 heavy (non-hydrogen) atoms. The number of rotatable bonds is 4. The van der Waals surface area contributed by atoms with Gasteiger partial charge in [0.25, 0.3) is 5.69 Å². The predicted molar refractivity (Wildman–Crippen MR) is 61.1 cm³/mol. The molecule has 1 aromatic rings. The van der Waals surface area contributed by atoms with Crippen molar-refractivity contribution in [1.29, 1.82) is 0 Å². The first-order valence-corrected chi connectivity index (χ1v) is 5.57. The maximum Gasteiger partial charge on any atom is 0.339 e. The van der Waals surface area contributed by atoms with E-state index in [0.717, 1.165) is 18.9 Å². The monoisotopic (exact) mass is 255 g/mol.